The molecular weight excluding hydrogens is 400 g/mol. The van der Waals surface area contributed by atoms with Crippen molar-refractivity contribution in [3.63, 3.8) is 0 Å². The highest BCUT2D eigenvalue weighted by Crippen LogP contribution is 2.27. The summed E-state index contributed by atoms with van der Waals surface area (Å²) in [7, 11) is 0. The van der Waals surface area contributed by atoms with Crippen molar-refractivity contribution in [2.75, 3.05) is 37.6 Å². The predicted molar refractivity (Wildman–Crippen MR) is 122 cm³/mol. The van der Waals surface area contributed by atoms with Gasteiger partial charge in [0.15, 0.2) is 0 Å². The first kappa shape index (κ1) is 23.0. The molecule has 4 rings (SSSR count). The van der Waals surface area contributed by atoms with E-state index >= 15 is 0 Å². The normalized spacial score (nSPS) is 27.6. The minimum atomic E-state index is -0.0277. The second kappa shape index (κ2) is 10.6. The monoisotopic (exact) mass is 434 g/mol. The van der Waals surface area contributed by atoms with Crippen LogP contribution in [0.25, 0.3) is 0 Å². The number of halogens is 1. The molecule has 3 heterocycles. The molecule has 30 heavy (non-hydrogen) atoms. The summed E-state index contributed by atoms with van der Waals surface area (Å²) in [5.41, 5.74) is 2.22. The van der Waals surface area contributed by atoms with Gasteiger partial charge in [-0.2, -0.15) is 0 Å². The minimum Gasteiger partial charge on any atom is -0.354 e. The third-order valence-electron chi connectivity index (χ3n) is 6.69. The molecule has 3 aliphatic rings. The largest absolute Gasteiger partial charge is 0.354 e. The minimum absolute atomic E-state index is 0. The Morgan fingerprint density at radius 1 is 1.10 bits per heavy atom. The molecular formula is C23H35ClN4O2. The quantitative estimate of drug-likeness (QED) is 0.747. The fraction of sp³-hybridized carbons (Fsp3) is 0.652. The molecule has 7 heteroatoms. The van der Waals surface area contributed by atoms with Crippen molar-refractivity contribution >= 4 is 29.9 Å². The zero-order valence-corrected chi connectivity index (χ0v) is 18.8. The molecule has 0 aromatic heterocycles. The lowest BCUT2D eigenvalue weighted by atomic mass is 9.93. The summed E-state index contributed by atoms with van der Waals surface area (Å²) in [6.07, 6.45) is 6.21. The first-order valence-corrected chi connectivity index (χ1v) is 11.2. The molecule has 3 saturated heterocycles. The van der Waals surface area contributed by atoms with E-state index < -0.39 is 0 Å². The van der Waals surface area contributed by atoms with Crippen molar-refractivity contribution in [3.8, 4) is 0 Å². The molecule has 3 unspecified atom stereocenters. The van der Waals surface area contributed by atoms with Crippen molar-refractivity contribution < 1.29 is 9.59 Å². The Morgan fingerprint density at radius 3 is 2.60 bits per heavy atom. The van der Waals surface area contributed by atoms with E-state index in [9.17, 15) is 9.59 Å². The van der Waals surface area contributed by atoms with Crippen LogP contribution in [-0.2, 0) is 9.59 Å². The number of piperidine rings is 2. The molecule has 0 spiro atoms. The van der Waals surface area contributed by atoms with Crippen molar-refractivity contribution in [2.24, 2.45) is 5.92 Å². The molecule has 1 aromatic rings. The van der Waals surface area contributed by atoms with Crippen LogP contribution in [0.1, 0.15) is 44.1 Å². The number of benzene rings is 1. The van der Waals surface area contributed by atoms with Gasteiger partial charge >= 0.3 is 0 Å². The molecule has 3 fully saturated rings. The molecule has 2 amide bonds. The topological polar surface area (TPSA) is 64.7 Å². The van der Waals surface area contributed by atoms with Gasteiger partial charge in [0.25, 0.3) is 0 Å². The van der Waals surface area contributed by atoms with Gasteiger partial charge in [0.05, 0.1) is 12.1 Å². The number of carbonyl (C=O) groups is 2. The number of amides is 2. The summed E-state index contributed by atoms with van der Waals surface area (Å²) in [4.78, 5) is 29.9. The van der Waals surface area contributed by atoms with E-state index in [-0.39, 0.29) is 36.3 Å². The van der Waals surface area contributed by atoms with Gasteiger partial charge in [0.1, 0.15) is 0 Å². The fourth-order valence-electron chi connectivity index (χ4n) is 5.00. The van der Waals surface area contributed by atoms with Gasteiger partial charge in [-0.1, -0.05) is 17.7 Å². The van der Waals surface area contributed by atoms with Crippen LogP contribution in [0.2, 0.25) is 0 Å². The van der Waals surface area contributed by atoms with Gasteiger partial charge in [-0.25, -0.2) is 0 Å². The summed E-state index contributed by atoms with van der Waals surface area (Å²) < 4.78 is 0. The lowest BCUT2D eigenvalue weighted by Gasteiger charge is -2.42. The lowest BCUT2D eigenvalue weighted by molar-refractivity contribution is -0.127. The molecule has 166 valence electrons. The van der Waals surface area contributed by atoms with Crippen molar-refractivity contribution in [1.29, 1.82) is 0 Å². The summed E-state index contributed by atoms with van der Waals surface area (Å²) in [6, 6.07) is 8.22. The Hall–Kier alpha value is -1.63. The number of anilines is 1. The SMILES string of the molecule is Cc1ccc(N2CCCC(N3CCCC(CNC(=O)C4CCCN4)C3)C2=O)cc1.Cl. The summed E-state index contributed by atoms with van der Waals surface area (Å²) >= 11 is 0. The highest BCUT2D eigenvalue weighted by Gasteiger charge is 2.36. The number of hydrogen-bond donors (Lipinski definition) is 2. The van der Waals surface area contributed by atoms with E-state index in [2.05, 4.69) is 46.7 Å². The lowest BCUT2D eigenvalue weighted by Crippen LogP contribution is -2.56. The first-order chi connectivity index (χ1) is 14.1. The van der Waals surface area contributed by atoms with E-state index in [4.69, 9.17) is 0 Å². The summed E-state index contributed by atoms with van der Waals surface area (Å²) in [5.74, 6) is 0.801. The Morgan fingerprint density at radius 2 is 1.87 bits per heavy atom. The Labute approximate surface area is 186 Å². The van der Waals surface area contributed by atoms with Gasteiger partial charge in [-0.15, -0.1) is 12.4 Å². The molecule has 6 nitrogen and oxygen atoms in total. The van der Waals surface area contributed by atoms with Gasteiger partial charge in [0, 0.05) is 25.3 Å². The zero-order valence-electron chi connectivity index (χ0n) is 17.9. The average molecular weight is 435 g/mol. The Balaban J connectivity index is 0.00000256. The van der Waals surface area contributed by atoms with E-state index in [1.807, 2.05) is 4.90 Å². The second-order valence-corrected chi connectivity index (χ2v) is 8.88. The Bertz CT molecular complexity index is 720. The molecule has 2 N–H and O–H groups in total. The average Bonchev–Trinajstić information content (AvgIpc) is 3.28. The van der Waals surface area contributed by atoms with E-state index in [0.717, 1.165) is 76.9 Å². The zero-order chi connectivity index (χ0) is 20.2. The summed E-state index contributed by atoms with van der Waals surface area (Å²) in [6.45, 7) is 6.41. The highest BCUT2D eigenvalue weighted by atomic mass is 35.5. The van der Waals surface area contributed by atoms with E-state index in [1.54, 1.807) is 0 Å². The number of nitrogens with one attached hydrogen (secondary N) is 2. The second-order valence-electron chi connectivity index (χ2n) is 8.88. The molecule has 0 saturated carbocycles. The van der Waals surface area contributed by atoms with Crippen LogP contribution in [0, 0.1) is 12.8 Å². The molecule has 3 aliphatic heterocycles. The van der Waals surface area contributed by atoms with E-state index in [0.29, 0.717) is 5.92 Å². The van der Waals surface area contributed by atoms with E-state index in [1.165, 1.54) is 5.56 Å². The number of aryl methyl sites for hydroxylation is 1. The van der Waals surface area contributed by atoms with Crippen molar-refractivity contribution in [1.82, 2.24) is 15.5 Å². The smallest absolute Gasteiger partial charge is 0.244 e. The molecule has 0 bridgehead atoms. The molecule has 0 radical (unpaired) electrons. The number of likely N-dealkylation sites (tertiary alicyclic amines) is 1. The van der Waals surface area contributed by atoms with Gasteiger partial charge in [0.2, 0.25) is 11.8 Å². The highest BCUT2D eigenvalue weighted by molar-refractivity contribution is 5.98. The maximum absolute atomic E-state index is 13.3. The van der Waals surface area contributed by atoms with Gasteiger partial charge in [-0.3, -0.25) is 14.5 Å². The maximum atomic E-state index is 13.3. The maximum Gasteiger partial charge on any atom is 0.244 e. The van der Waals surface area contributed by atoms with Gasteiger partial charge < -0.3 is 15.5 Å². The van der Waals surface area contributed by atoms with Crippen LogP contribution in [0.15, 0.2) is 24.3 Å². The standard InChI is InChI=1S/C23H34N4O2.ClH/c1-17-8-10-19(11-9-17)27-14-4-7-21(23(27)29)26-13-3-5-18(16-26)15-25-22(28)20-6-2-12-24-20;/h8-11,18,20-21,24H,2-7,12-16H2,1H3,(H,25,28);1H. The molecule has 0 aliphatic carbocycles. The number of hydrogen-bond acceptors (Lipinski definition) is 4. The number of rotatable bonds is 5. The number of carbonyl (C=O) groups excluding carboxylic acids is 2. The number of nitrogens with zero attached hydrogens (tertiary/aromatic N) is 2. The third kappa shape index (κ3) is 5.34. The van der Waals surface area contributed by atoms with Crippen molar-refractivity contribution in [3.05, 3.63) is 29.8 Å². The predicted octanol–water partition coefficient (Wildman–Crippen LogP) is 2.49. The van der Waals surface area contributed by atoms with Gasteiger partial charge in [-0.05, 0) is 76.6 Å². The van der Waals surface area contributed by atoms with Crippen LogP contribution < -0.4 is 15.5 Å². The molecule has 3 atom stereocenters. The van der Waals surface area contributed by atoms with Crippen LogP contribution in [0.4, 0.5) is 5.69 Å². The first-order valence-electron chi connectivity index (χ1n) is 11.2. The fourth-order valence-corrected chi connectivity index (χ4v) is 5.00. The Kier molecular flexibility index (Phi) is 8.14. The molecule has 1 aromatic carbocycles. The van der Waals surface area contributed by atoms with Crippen LogP contribution >= 0.6 is 12.4 Å². The van der Waals surface area contributed by atoms with Crippen LogP contribution in [0.3, 0.4) is 0 Å². The van der Waals surface area contributed by atoms with Crippen LogP contribution in [-0.4, -0.2) is 61.5 Å². The van der Waals surface area contributed by atoms with Crippen molar-refractivity contribution in [2.45, 2.75) is 57.5 Å². The van der Waals surface area contributed by atoms with Crippen LogP contribution in [0.5, 0.6) is 0 Å². The summed E-state index contributed by atoms with van der Waals surface area (Å²) in [5, 5.41) is 6.41. The third-order valence-corrected chi connectivity index (χ3v) is 6.69.